The topological polar surface area (TPSA) is 63.6 Å². The van der Waals surface area contributed by atoms with Gasteiger partial charge in [0.1, 0.15) is 17.4 Å². The molecule has 2 aromatic carbocycles. The Morgan fingerprint density at radius 1 is 1.00 bits per heavy atom. The number of hydrogen-bond donors (Lipinski definition) is 1. The second kappa shape index (κ2) is 5.46. The molecule has 0 saturated heterocycles. The van der Waals surface area contributed by atoms with E-state index in [1.54, 1.807) is 0 Å². The highest BCUT2D eigenvalue weighted by atomic mass is 19.1. The summed E-state index contributed by atoms with van der Waals surface area (Å²) < 4.78 is 32.7. The zero-order chi connectivity index (χ0) is 16.6. The number of hydrogen-bond acceptors (Lipinski definition) is 3. The molecule has 1 saturated carbocycles. The van der Waals surface area contributed by atoms with Crippen LogP contribution in [0.4, 0.5) is 8.78 Å². The van der Waals surface area contributed by atoms with Gasteiger partial charge in [0, 0.05) is 18.4 Å². The summed E-state index contributed by atoms with van der Waals surface area (Å²) in [7, 11) is 0. The first-order valence-corrected chi connectivity index (χ1v) is 6.94. The van der Waals surface area contributed by atoms with E-state index in [1.165, 1.54) is 30.3 Å². The van der Waals surface area contributed by atoms with Gasteiger partial charge in [-0.1, -0.05) is 6.07 Å². The molecule has 118 valence electrons. The Bertz CT molecular complexity index is 759. The van der Waals surface area contributed by atoms with Crippen LogP contribution in [-0.4, -0.2) is 22.5 Å². The highest BCUT2D eigenvalue weighted by molar-refractivity contribution is 6.09. The predicted molar refractivity (Wildman–Crippen MR) is 76.5 cm³/mol. The Balaban J connectivity index is 1.82. The van der Waals surface area contributed by atoms with E-state index in [2.05, 4.69) is 0 Å². The molecule has 1 aliphatic carbocycles. The minimum absolute atomic E-state index is 0.0847. The van der Waals surface area contributed by atoms with Crippen LogP contribution in [0.2, 0.25) is 0 Å². The molecule has 23 heavy (non-hydrogen) atoms. The van der Waals surface area contributed by atoms with Crippen molar-refractivity contribution in [2.45, 2.75) is 18.4 Å². The van der Waals surface area contributed by atoms with E-state index in [0.717, 1.165) is 12.1 Å². The van der Waals surface area contributed by atoms with Gasteiger partial charge >= 0.3 is 5.97 Å². The van der Waals surface area contributed by atoms with Crippen molar-refractivity contribution in [2.75, 3.05) is 0 Å². The fourth-order valence-corrected chi connectivity index (χ4v) is 2.23. The minimum Gasteiger partial charge on any atom is -0.478 e. The summed E-state index contributed by atoms with van der Waals surface area (Å²) in [5, 5.41) is 9.06. The lowest BCUT2D eigenvalue weighted by molar-refractivity contribution is -0.147. The maximum absolute atomic E-state index is 13.6. The van der Waals surface area contributed by atoms with Gasteiger partial charge in [0.05, 0.1) is 5.56 Å². The van der Waals surface area contributed by atoms with E-state index in [-0.39, 0.29) is 11.3 Å². The lowest BCUT2D eigenvalue weighted by Crippen LogP contribution is -2.28. The minimum atomic E-state index is -1.19. The summed E-state index contributed by atoms with van der Waals surface area (Å²) in [4.78, 5) is 23.3. The van der Waals surface area contributed by atoms with Crippen molar-refractivity contribution in [1.29, 1.82) is 0 Å². The number of carbonyl (C=O) groups is 2. The lowest BCUT2D eigenvalue weighted by atomic mass is 10.0. The van der Waals surface area contributed by atoms with Gasteiger partial charge in [-0.2, -0.15) is 0 Å². The molecular weight excluding hydrogens is 306 g/mol. The van der Waals surface area contributed by atoms with Crippen molar-refractivity contribution in [3.8, 4) is 5.75 Å². The maximum Gasteiger partial charge on any atom is 0.348 e. The highest BCUT2D eigenvalue weighted by Gasteiger charge is 2.53. The molecule has 4 nitrogen and oxygen atoms in total. The molecule has 6 heteroatoms. The number of carboxylic acids is 1. The predicted octanol–water partition coefficient (Wildman–Crippen LogP) is 3.19. The summed E-state index contributed by atoms with van der Waals surface area (Å²) in [6, 6.07) is 8.72. The molecule has 0 bridgehead atoms. The van der Waals surface area contributed by atoms with E-state index in [0.29, 0.717) is 12.8 Å². The lowest BCUT2D eigenvalue weighted by Gasteiger charge is -2.13. The average molecular weight is 318 g/mol. The molecular formula is C17H12F2O4. The van der Waals surface area contributed by atoms with Gasteiger partial charge in [-0.3, -0.25) is 4.79 Å². The number of ether oxygens (including phenoxy) is 1. The molecule has 0 aromatic heterocycles. The first kappa shape index (κ1) is 15.1. The van der Waals surface area contributed by atoms with E-state index in [1.807, 2.05) is 0 Å². The smallest absolute Gasteiger partial charge is 0.348 e. The highest BCUT2D eigenvalue weighted by Crippen LogP contribution is 2.40. The first-order chi connectivity index (χ1) is 10.9. The van der Waals surface area contributed by atoms with E-state index >= 15 is 0 Å². The molecule has 1 N–H and O–H groups in total. The second-order valence-electron chi connectivity index (χ2n) is 5.35. The molecule has 0 spiro atoms. The van der Waals surface area contributed by atoms with Crippen LogP contribution >= 0.6 is 0 Å². The van der Waals surface area contributed by atoms with Gasteiger partial charge in [0.25, 0.3) is 0 Å². The van der Waals surface area contributed by atoms with E-state index in [9.17, 15) is 18.4 Å². The van der Waals surface area contributed by atoms with Crippen molar-refractivity contribution in [1.82, 2.24) is 0 Å². The van der Waals surface area contributed by atoms with Gasteiger partial charge < -0.3 is 9.84 Å². The summed E-state index contributed by atoms with van der Waals surface area (Å²) in [6.45, 7) is 0. The fourth-order valence-electron chi connectivity index (χ4n) is 2.23. The van der Waals surface area contributed by atoms with E-state index in [4.69, 9.17) is 9.84 Å². The Hall–Kier alpha value is -2.76. The molecule has 0 heterocycles. The van der Waals surface area contributed by atoms with Crippen LogP contribution in [0, 0.1) is 11.6 Å². The Labute approximate surface area is 130 Å². The van der Waals surface area contributed by atoms with Crippen LogP contribution < -0.4 is 4.74 Å². The summed E-state index contributed by atoms with van der Waals surface area (Å²) in [6.07, 6.45) is 0.840. The number of halogens is 2. The molecule has 1 aliphatic rings. The van der Waals surface area contributed by atoms with Gasteiger partial charge in [0.15, 0.2) is 5.78 Å². The third kappa shape index (κ3) is 2.79. The van der Waals surface area contributed by atoms with Crippen LogP contribution in [0.5, 0.6) is 5.75 Å². The zero-order valence-corrected chi connectivity index (χ0v) is 11.9. The summed E-state index contributed by atoms with van der Waals surface area (Å²) in [5.74, 6) is -3.40. The Morgan fingerprint density at radius 2 is 1.57 bits per heavy atom. The molecule has 0 amide bonds. The fraction of sp³-hybridized carbons (Fsp3) is 0.176. The monoisotopic (exact) mass is 318 g/mol. The van der Waals surface area contributed by atoms with Crippen molar-refractivity contribution in [3.63, 3.8) is 0 Å². The van der Waals surface area contributed by atoms with Crippen LogP contribution in [0.1, 0.15) is 28.8 Å². The summed E-state index contributed by atoms with van der Waals surface area (Å²) in [5.41, 5.74) is -1.73. The maximum atomic E-state index is 13.6. The average Bonchev–Trinajstić information content (AvgIpc) is 3.28. The molecule has 0 atom stereocenters. The number of aliphatic carboxylic acids is 1. The van der Waals surface area contributed by atoms with Gasteiger partial charge in [-0.05, 0) is 36.4 Å². The third-order valence-electron chi connectivity index (χ3n) is 3.71. The molecule has 0 aliphatic heterocycles. The van der Waals surface area contributed by atoms with Crippen molar-refractivity contribution >= 4 is 11.8 Å². The number of ketones is 1. The van der Waals surface area contributed by atoms with Crippen LogP contribution in [0.25, 0.3) is 0 Å². The standard InChI is InChI=1S/C17H12F2O4/c18-12-2-1-3-13(19)14(12)15(20)10-4-6-11(7-5-10)23-17(8-9-17)16(21)22/h1-7H,8-9H2,(H,21,22). The Kier molecular flexibility index (Phi) is 3.60. The van der Waals surface area contributed by atoms with E-state index < -0.39 is 34.6 Å². The number of rotatable bonds is 5. The van der Waals surface area contributed by atoms with Gasteiger partial charge in [-0.25, -0.2) is 13.6 Å². The quantitative estimate of drug-likeness (QED) is 0.860. The molecule has 0 unspecified atom stereocenters. The SMILES string of the molecule is O=C(c1ccc(OC2(C(=O)O)CC2)cc1)c1c(F)cccc1F. The second-order valence-corrected chi connectivity index (χ2v) is 5.35. The van der Waals surface area contributed by atoms with Crippen molar-refractivity contribution in [3.05, 3.63) is 65.2 Å². The Morgan fingerprint density at radius 3 is 2.04 bits per heavy atom. The van der Waals surface area contributed by atoms with Gasteiger partial charge in [0.2, 0.25) is 5.60 Å². The summed E-state index contributed by atoms with van der Waals surface area (Å²) >= 11 is 0. The van der Waals surface area contributed by atoms with Crippen LogP contribution in [0.3, 0.4) is 0 Å². The number of carbonyl (C=O) groups excluding carboxylic acids is 1. The molecule has 2 aromatic rings. The van der Waals surface area contributed by atoms with Crippen molar-refractivity contribution in [2.24, 2.45) is 0 Å². The number of benzene rings is 2. The first-order valence-electron chi connectivity index (χ1n) is 6.94. The van der Waals surface area contributed by atoms with Crippen molar-refractivity contribution < 1.29 is 28.2 Å². The molecule has 1 fully saturated rings. The van der Waals surface area contributed by atoms with Gasteiger partial charge in [-0.15, -0.1) is 0 Å². The molecule has 3 rings (SSSR count). The largest absolute Gasteiger partial charge is 0.478 e. The number of carboxylic acid groups (broad SMARTS) is 1. The molecule has 0 radical (unpaired) electrons. The third-order valence-corrected chi connectivity index (χ3v) is 3.71. The normalized spacial score (nSPS) is 15.0. The zero-order valence-electron chi connectivity index (χ0n) is 11.9. The van der Waals surface area contributed by atoms with Crippen LogP contribution in [0.15, 0.2) is 42.5 Å². The van der Waals surface area contributed by atoms with Crippen LogP contribution in [-0.2, 0) is 4.79 Å².